The summed E-state index contributed by atoms with van der Waals surface area (Å²) in [4.78, 5) is 14.9. The first-order chi connectivity index (χ1) is 18.3. The summed E-state index contributed by atoms with van der Waals surface area (Å²) in [5, 5.41) is 10.5. The number of aliphatic carboxylic acids is 1. The van der Waals surface area contributed by atoms with Gasteiger partial charge < -0.3 is 24.1 Å². The Kier molecular flexibility index (Phi) is 7.69. The molecule has 0 spiro atoms. The maximum absolute atomic E-state index is 12.8. The summed E-state index contributed by atoms with van der Waals surface area (Å²) in [5.41, 5.74) is 1.64. The van der Waals surface area contributed by atoms with Crippen molar-refractivity contribution in [1.82, 2.24) is 9.21 Å². The van der Waals surface area contributed by atoms with Gasteiger partial charge in [-0.05, 0) is 48.7 Å². The highest BCUT2D eigenvalue weighted by Crippen LogP contribution is 2.48. The standard InChI is InChI=1S/C27H34N2O8S/c1-3-9-29(38(32,33)4-2)11-10-28-16-20(18-5-7-22-24(14-18)37-17-36-22)25(27(30)31)26(28)19-6-8-21-23(15-19)35-13-12-34-21/h5-8,14-15,20,25-26H,3-4,9-13,16-17H2,1-2H3,(H,30,31)/t20-,25-,26+/m0/s1. The lowest BCUT2D eigenvalue weighted by Gasteiger charge is -2.30. The van der Waals surface area contributed by atoms with Crippen LogP contribution in [0.1, 0.15) is 43.4 Å². The minimum absolute atomic E-state index is 0.0240. The van der Waals surface area contributed by atoms with Gasteiger partial charge in [-0.25, -0.2) is 12.7 Å². The number of hydrogen-bond acceptors (Lipinski definition) is 8. The van der Waals surface area contributed by atoms with Gasteiger partial charge in [-0.1, -0.05) is 19.1 Å². The number of benzene rings is 2. The molecule has 3 aliphatic heterocycles. The van der Waals surface area contributed by atoms with Gasteiger partial charge in [0.25, 0.3) is 0 Å². The molecular weight excluding hydrogens is 512 g/mol. The van der Waals surface area contributed by atoms with E-state index in [-0.39, 0.29) is 25.0 Å². The van der Waals surface area contributed by atoms with Crippen LogP contribution in [0.5, 0.6) is 23.0 Å². The molecular formula is C27H34N2O8S. The molecule has 0 bridgehead atoms. The molecule has 2 aromatic carbocycles. The maximum Gasteiger partial charge on any atom is 0.309 e. The molecule has 3 atom stereocenters. The zero-order chi connectivity index (χ0) is 26.9. The van der Waals surface area contributed by atoms with Gasteiger partial charge >= 0.3 is 5.97 Å². The molecule has 1 saturated heterocycles. The van der Waals surface area contributed by atoms with E-state index in [1.165, 1.54) is 4.31 Å². The van der Waals surface area contributed by atoms with Gasteiger partial charge in [0.05, 0.1) is 11.7 Å². The van der Waals surface area contributed by atoms with Crippen molar-refractivity contribution in [1.29, 1.82) is 0 Å². The number of fused-ring (bicyclic) bond motifs is 2. The molecule has 2 aromatic rings. The van der Waals surface area contributed by atoms with Gasteiger partial charge in [-0.2, -0.15) is 0 Å². The van der Waals surface area contributed by atoms with Gasteiger partial charge in [-0.3, -0.25) is 9.69 Å². The number of hydrogen-bond donors (Lipinski definition) is 1. The van der Waals surface area contributed by atoms with E-state index in [4.69, 9.17) is 18.9 Å². The van der Waals surface area contributed by atoms with Gasteiger partial charge in [0, 0.05) is 38.1 Å². The van der Waals surface area contributed by atoms with Crippen LogP contribution in [-0.2, 0) is 14.8 Å². The Balaban J connectivity index is 1.51. The lowest BCUT2D eigenvalue weighted by Crippen LogP contribution is -2.40. The molecule has 206 valence electrons. The number of ether oxygens (including phenoxy) is 4. The highest BCUT2D eigenvalue weighted by molar-refractivity contribution is 7.89. The summed E-state index contributed by atoms with van der Waals surface area (Å²) in [6.45, 7) is 6.16. The summed E-state index contributed by atoms with van der Waals surface area (Å²) >= 11 is 0. The lowest BCUT2D eigenvalue weighted by atomic mass is 9.82. The number of carbonyl (C=O) groups is 1. The highest BCUT2D eigenvalue weighted by Gasteiger charge is 2.48. The minimum Gasteiger partial charge on any atom is -0.486 e. The Morgan fingerprint density at radius 3 is 2.29 bits per heavy atom. The van der Waals surface area contributed by atoms with Crippen molar-refractivity contribution in [2.45, 2.75) is 32.2 Å². The molecule has 0 aliphatic carbocycles. The molecule has 5 rings (SSSR count). The monoisotopic (exact) mass is 546 g/mol. The van der Waals surface area contributed by atoms with Crippen LogP contribution < -0.4 is 18.9 Å². The van der Waals surface area contributed by atoms with Crippen molar-refractivity contribution in [3.8, 4) is 23.0 Å². The molecule has 3 aliphatic rings. The molecule has 3 heterocycles. The zero-order valence-corrected chi connectivity index (χ0v) is 22.5. The first-order valence-corrected chi connectivity index (χ1v) is 14.7. The number of rotatable bonds is 10. The fourth-order valence-electron chi connectivity index (χ4n) is 5.64. The second kappa shape index (κ2) is 11.0. The van der Waals surface area contributed by atoms with Crippen molar-refractivity contribution in [3.05, 3.63) is 47.5 Å². The second-order valence-corrected chi connectivity index (χ2v) is 12.0. The summed E-state index contributed by atoms with van der Waals surface area (Å²) in [6.07, 6.45) is 0.697. The third-order valence-electron chi connectivity index (χ3n) is 7.48. The third kappa shape index (κ3) is 5.14. The van der Waals surface area contributed by atoms with Crippen LogP contribution in [-0.4, -0.2) is 80.6 Å². The van der Waals surface area contributed by atoms with Crippen LogP contribution in [0.4, 0.5) is 0 Å². The van der Waals surface area contributed by atoms with E-state index in [9.17, 15) is 18.3 Å². The van der Waals surface area contributed by atoms with Gasteiger partial charge in [0.15, 0.2) is 23.0 Å². The molecule has 0 radical (unpaired) electrons. The fraction of sp³-hybridized carbons (Fsp3) is 0.519. The Labute approximate surface area is 223 Å². The van der Waals surface area contributed by atoms with Crippen LogP contribution in [0.3, 0.4) is 0 Å². The SMILES string of the molecule is CCCN(CCN1C[C@@H](c2ccc3c(c2)OCO3)[C@H](C(=O)O)[C@H]1c1ccc2c(c1)OCCO2)S(=O)(=O)CC. The van der Waals surface area contributed by atoms with Crippen molar-refractivity contribution in [2.75, 3.05) is 51.9 Å². The maximum atomic E-state index is 12.8. The first kappa shape index (κ1) is 26.6. The van der Waals surface area contributed by atoms with Gasteiger partial charge in [-0.15, -0.1) is 0 Å². The summed E-state index contributed by atoms with van der Waals surface area (Å²) < 4.78 is 49.5. The Bertz CT molecular complexity index is 1280. The zero-order valence-electron chi connectivity index (χ0n) is 21.7. The molecule has 1 fully saturated rings. The van der Waals surface area contributed by atoms with E-state index in [1.807, 2.05) is 43.3 Å². The van der Waals surface area contributed by atoms with Crippen molar-refractivity contribution in [3.63, 3.8) is 0 Å². The van der Waals surface area contributed by atoms with E-state index in [0.717, 1.165) is 11.1 Å². The van der Waals surface area contributed by atoms with E-state index in [1.54, 1.807) is 6.92 Å². The van der Waals surface area contributed by atoms with Gasteiger partial charge in [0.1, 0.15) is 13.2 Å². The predicted molar refractivity (Wildman–Crippen MR) is 140 cm³/mol. The van der Waals surface area contributed by atoms with E-state index >= 15 is 0 Å². The molecule has 0 amide bonds. The Morgan fingerprint density at radius 2 is 1.58 bits per heavy atom. The predicted octanol–water partition coefficient (Wildman–Crippen LogP) is 3.09. The minimum atomic E-state index is -3.39. The van der Waals surface area contributed by atoms with Crippen molar-refractivity contribution < 1.29 is 37.3 Å². The third-order valence-corrected chi connectivity index (χ3v) is 9.37. The van der Waals surface area contributed by atoms with E-state index in [0.29, 0.717) is 62.3 Å². The molecule has 0 unspecified atom stereocenters. The van der Waals surface area contributed by atoms with Crippen LogP contribution in [0, 0.1) is 5.92 Å². The van der Waals surface area contributed by atoms with Crippen molar-refractivity contribution in [2.24, 2.45) is 5.92 Å². The van der Waals surface area contributed by atoms with Gasteiger partial charge in [0.2, 0.25) is 16.8 Å². The Hall–Kier alpha value is -3.02. The van der Waals surface area contributed by atoms with Crippen molar-refractivity contribution >= 4 is 16.0 Å². The summed E-state index contributed by atoms with van der Waals surface area (Å²) in [6, 6.07) is 10.6. The van der Waals surface area contributed by atoms with Crippen LogP contribution in [0.15, 0.2) is 36.4 Å². The number of likely N-dealkylation sites (tertiary alicyclic amines) is 1. The lowest BCUT2D eigenvalue weighted by molar-refractivity contribution is -0.143. The van der Waals surface area contributed by atoms with E-state index in [2.05, 4.69) is 4.90 Å². The number of carboxylic acids is 1. The number of sulfonamides is 1. The second-order valence-electron chi connectivity index (χ2n) is 9.73. The largest absolute Gasteiger partial charge is 0.486 e. The normalized spacial score (nSPS) is 22.7. The fourth-order valence-corrected chi connectivity index (χ4v) is 6.83. The average Bonchev–Trinajstić information content (AvgIpc) is 3.55. The first-order valence-electron chi connectivity index (χ1n) is 13.1. The molecule has 11 heteroatoms. The molecule has 38 heavy (non-hydrogen) atoms. The molecule has 10 nitrogen and oxygen atoms in total. The topological polar surface area (TPSA) is 115 Å². The quantitative estimate of drug-likeness (QED) is 0.480. The van der Waals surface area contributed by atoms with Crippen LogP contribution in [0.25, 0.3) is 0 Å². The highest BCUT2D eigenvalue weighted by atomic mass is 32.2. The molecule has 0 aromatic heterocycles. The summed E-state index contributed by atoms with van der Waals surface area (Å²) in [7, 11) is -3.39. The summed E-state index contributed by atoms with van der Waals surface area (Å²) in [5.74, 6) is 0.445. The molecule has 1 N–H and O–H groups in total. The number of carboxylic acid groups (broad SMARTS) is 1. The number of nitrogens with zero attached hydrogens (tertiary/aromatic N) is 2. The molecule has 0 saturated carbocycles. The Morgan fingerprint density at radius 1 is 0.947 bits per heavy atom. The smallest absolute Gasteiger partial charge is 0.309 e. The van der Waals surface area contributed by atoms with Crippen LogP contribution >= 0.6 is 0 Å². The average molecular weight is 547 g/mol. The van der Waals surface area contributed by atoms with Crippen LogP contribution in [0.2, 0.25) is 0 Å². The van der Waals surface area contributed by atoms with E-state index < -0.39 is 28.0 Å².